The van der Waals surface area contributed by atoms with Gasteiger partial charge in [-0.15, -0.1) is 10.2 Å². The van der Waals surface area contributed by atoms with Crippen molar-refractivity contribution in [1.29, 1.82) is 0 Å². The summed E-state index contributed by atoms with van der Waals surface area (Å²) in [4.78, 5) is 0.653. The van der Waals surface area contributed by atoms with E-state index in [0.29, 0.717) is 34.6 Å². The van der Waals surface area contributed by atoms with Gasteiger partial charge in [0.05, 0.1) is 13.7 Å². The Kier molecular flexibility index (Phi) is 5.07. The van der Waals surface area contributed by atoms with Crippen LogP contribution < -0.4 is 14.2 Å². The molecule has 2 heterocycles. The van der Waals surface area contributed by atoms with Gasteiger partial charge in [0.2, 0.25) is 4.96 Å². The van der Waals surface area contributed by atoms with Crippen molar-refractivity contribution in [3.63, 3.8) is 0 Å². The number of aromatic nitrogens is 4. The molecule has 144 valence electrons. The van der Waals surface area contributed by atoms with Crippen molar-refractivity contribution >= 4 is 16.3 Å². The minimum absolute atomic E-state index is 0.169. The Hall–Kier alpha value is -3.20. The van der Waals surface area contributed by atoms with E-state index in [2.05, 4.69) is 15.3 Å². The molecule has 0 N–H and O–H groups in total. The molecule has 0 aliphatic carbocycles. The Bertz CT molecular complexity index is 1090. The van der Waals surface area contributed by atoms with E-state index < -0.39 is 0 Å². The van der Waals surface area contributed by atoms with Gasteiger partial charge >= 0.3 is 0 Å². The molecule has 0 unspecified atom stereocenters. The summed E-state index contributed by atoms with van der Waals surface area (Å²) in [7, 11) is 1.60. The maximum absolute atomic E-state index is 13.0. The predicted molar refractivity (Wildman–Crippen MR) is 103 cm³/mol. The van der Waals surface area contributed by atoms with Crippen molar-refractivity contribution in [2.75, 3.05) is 13.7 Å². The first-order chi connectivity index (χ1) is 13.7. The molecule has 28 heavy (non-hydrogen) atoms. The van der Waals surface area contributed by atoms with Crippen LogP contribution in [0.1, 0.15) is 12.7 Å². The number of methoxy groups -OCH3 is 1. The van der Waals surface area contributed by atoms with Crippen LogP contribution in [0.3, 0.4) is 0 Å². The first-order valence-electron chi connectivity index (χ1n) is 8.58. The fourth-order valence-electron chi connectivity index (χ4n) is 2.62. The predicted octanol–water partition coefficient (Wildman–Crippen LogP) is 3.98. The maximum Gasteiger partial charge on any atom is 0.235 e. The standard InChI is InChI=1S/C19H17FN4O3S/c1-3-26-15-9-4-12(10-16(15)25-2)18-23-24-17(21-22-19(24)28-18)11-27-14-7-5-13(20)6-8-14/h4-10H,3,11H2,1-2H3. The van der Waals surface area contributed by atoms with Crippen molar-refractivity contribution < 1.29 is 18.6 Å². The normalized spacial score (nSPS) is 11.0. The van der Waals surface area contributed by atoms with E-state index in [0.717, 1.165) is 10.6 Å². The van der Waals surface area contributed by atoms with Gasteiger partial charge in [0.1, 0.15) is 23.2 Å². The van der Waals surface area contributed by atoms with Gasteiger partial charge in [-0.05, 0) is 49.4 Å². The zero-order chi connectivity index (χ0) is 19.5. The van der Waals surface area contributed by atoms with Crippen LogP contribution in [0.25, 0.3) is 15.5 Å². The highest BCUT2D eigenvalue weighted by atomic mass is 32.1. The number of fused-ring (bicyclic) bond motifs is 1. The number of halogens is 1. The average Bonchev–Trinajstić information content (AvgIpc) is 3.29. The highest BCUT2D eigenvalue weighted by molar-refractivity contribution is 7.19. The van der Waals surface area contributed by atoms with Crippen LogP contribution in [-0.2, 0) is 6.61 Å². The first-order valence-corrected chi connectivity index (χ1v) is 9.40. The Morgan fingerprint density at radius 3 is 2.61 bits per heavy atom. The number of benzene rings is 2. The Morgan fingerprint density at radius 1 is 1.04 bits per heavy atom. The van der Waals surface area contributed by atoms with Gasteiger partial charge in [0.25, 0.3) is 0 Å². The molecule has 4 aromatic rings. The minimum Gasteiger partial charge on any atom is -0.493 e. The minimum atomic E-state index is -0.313. The van der Waals surface area contributed by atoms with Crippen LogP contribution in [0.15, 0.2) is 42.5 Å². The summed E-state index contributed by atoms with van der Waals surface area (Å²) >= 11 is 1.41. The number of hydrogen-bond donors (Lipinski definition) is 0. The van der Waals surface area contributed by atoms with Crippen molar-refractivity contribution in [2.45, 2.75) is 13.5 Å². The molecule has 0 spiro atoms. The van der Waals surface area contributed by atoms with Crippen LogP contribution in [0.4, 0.5) is 4.39 Å². The highest BCUT2D eigenvalue weighted by Gasteiger charge is 2.15. The molecule has 0 saturated heterocycles. The van der Waals surface area contributed by atoms with Crippen LogP contribution in [-0.4, -0.2) is 33.5 Å². The molecule has 0 atom stereocenters. The molecule has 0 amide bonds. The molecule has 0 bridgehead atoms. The molecule has 7 nitrogen and oxygen atoms in total. The van der Waals surface area contributed by atoms with Gasteiger partial charge in [-0.1, -0.05) is 11.3 Å². The van der Waals surface area contributed by atoms with E-state index in [-0.39, 0.29) is 12.4 Å². The molecular formula is C19H17FN4O3S. The average molecular weight is 400 g/mol. The molecule has 0 aliphatic rings. The monoisotopic (exact) mass is 400 g/mol. The molecule has 0 fully saturated rings. The van der Waals surface area contributed by atoms with Gasteiger partial charge in [0.15, 0.2) is 17.3 Å². The molecule has 4 rings (SSSR count). The number of hydrogen-bond acceptors (Lipinski definition) is 7. The fraction of sp³-hybridized carbons (Fsp3) is 0.211. The van der Waals surface area contributed by atoms with Gasteiger partial charge in [-0.25, -0.2) is 4.39 Å². The largest absolute Gasteiger partial charge is 0.493 e. The Balaban J connectivity index is 1.58. The van der Waals surface area contributed by atoms with Crippen LogP contribution in [0.5, 0.6) is 17.2 Å². The summed E-state index contributed by atoms with van der Waals surface area (Å²) in [5, 5.41) is 13.6. The third-order valence-electron chi connectivity index (χ3n) is 3.95. The molecule has 0 aliphatic heterocycles. The van der Waals surface area contributed by atoms with E-state index in [1.54, 1.807) is 23.8 Å². The molecular weight excluding hydrogens is 383 g/mol. The van der Waals surface area contributed by atoms with Crippen molar-refractivity contribution in [1.82, 2.24) is 19.8 Å². The number of rotatable bonds is 7. The molecule has 0 saturated carbocycles. The third-order valence-corrected chi connectivity index (χ3v) is 4.90. The Labute approximate surface area is 164 Å². The van der Waals surface area contributed by atoms with E-state index in [1.807, 2.05) is 25.1 Å². The van der Waals surface area contributed by atoms with E-state index in [1.165, 1.54) is 23.5 Å². The van der Waals surface area contributed by atoms with Crippen LogP contribution in [0.2, 0.25) is 0 Å². The first kappa shape index (κ1) is 18.2. The maximum atomic E-state index is 13.0. The second kappa shape index (κ2) is 7.81. The van der Waals surface area contributed by atoms with Gasteiger partial charge in [0, 0.05) is 5.56 Å². The van der Waals surface area contributed by atoms with Gasteiger partial charge in [-0.3, -0.25) is 0 Å². The van der Waals surface area contributed by atoms with Gasteiger partial charge in [-0.2, -0.15) is 9.61 Å². The number of nitrogens with zero attached hydrogens (tertiary/aromatic N) is 4. The lowest BCUT2D eigenvalue weighted by atomic mass is 10.2. The molecule has 9 heteroatoms. The summed E-state index contributed by atoms with van der Waals surface area (Å²) in [5.74, 6) is 2.12. The molecule has 2 aromatic heterocycles. The van der Waals surface area contributed by atoms with Crippen molar-refractivity contribution in [3.8, 4) is 27.8 Å². The smallest absolute Gasteiger partial charge is 0.235 e. The molecule has 0 radical (unpaired) electrons. The summed E-state index contributed by atoms with van der Waals surface area (Å²) in [6.07, 6.45) is 0. The van der Waals surface area contributed by atoms with Crippen molar-refractivity contribution in [3.05, 3.63) is 54.1 Å². The van der Waals surface area contributed by atoms with E-state index in [9.17, 15) is 4.39 Å². The lowest BCUT2D eigenvalue weighted by Gasteiger charge is -2.09. The third kappa shape index (κ3) is 3.61. The lowest BCUT2D eigenvalue weighted by molar-refractivity contribution is 0.292. The van der Waals surface area contributed by atoms with E-state index >= 15 is 0 Å². The van der Waals surface area contributed by atoms with Crippen LogP contribution >= 0.6 is 11.3 Å². The lowest BCUT2D eigenvalue weighted by Crippen LogP contribution is -2.02. The fourth-order valence-corrected chi connectivity index (χ4v) is 3.47. The highest BCUT2D eigenvalue weighted by Crippen LogP contribution is 2.34. The second-order valence-corrected chi connectivity index (χ2v) is 6.72. The summed E-state index contributed by atoms with van der Waals surface area (Å²) in [5.41, 5.74) is 0.890. The van der Waals surface area contributed by atoms with E-state index in [4.69, 9.17) is 14.2 Å². The van der Waals surface area contributed by atoms with Crippen molar-refractivity contribution in [2.24, 2.45) is 0 Å². The Morgan fingerprint density at radius 2 is 1.86 bits per heavy atom. The zero-order valence-corrected chi connectivity index (χ0v) is 16.1. The summed E-state index contributed by atoms with van der Waals surface area (Å²) in [6, 6.07) is 11.5. The summed E-state index contributed by atoms with van der Waals surface area (Å²) < 4.78 is 31.2. The van der Waals surface area contributed by atoms with Crippen LogP contribution in [0, 0.1) is 5.82 Å². The zero-order valence-electron chi connectivity index (χ0n) is 15.3. The van der Waals surface area contributed by atoms with Gasteiger partial charge < -0.3 is 14.2 Å². The number of ether oxygens (including phenoxy) is 3. The molecule has 2 aromatic carbocycles. The SMILES string of the molecule is CCOc1ccc(-c2nn3c(COc4ccc(F)cc4)nnc3s2)cc1OC. The topological polar surface area (TPSA) is 70.8 Å². The summed E-state index contributed by atoms with van der Waals surface area (Å²) in [6.45, 7) is 2.65. The second-order valence-electron chi connectivity index (χ2n) is 5.76. The quantitative estimate of drug-likeness (QED) is 0.467.